The number of allylic oxidation sites excluding steroid dienone is 1. The number of benzene rings is 2. The number of nitrogens with zero attached hydrogens (tertiary/aromatic N) is 2. The van der Waals surface area contributed by atoms with E-state index in [9.17, 15) is 14.4 Å². The van der Waals surface area contributed by atoms with E-state index in [4.69, 9.17) is 4.74 Å². The van der Waals surface area contributed by atoms with Gasteiger partial charge in [-0.15, -0.1) is 0 Å². The summed E-state index contributed by atoms with van der Waals surface area (Å²) < 4.78 is 19.9. The lowest BCUT2D eigenvalue weighted by Crippen LogP contribution is -2.42. The van der Waals surface area contributed by atoms with Crippen molar-refractivity contribution in [3.63, 3.8) is 0 Å². The molecule has 154 valence electrons. The number of carbonyl (C=O) groups is 1. The van der Waals surface area contributed by atoms with E-state index in [-0.39, 0.29) is 16.7 Å². The quantitative estimate of drug-likeness (QED) is 0.574. The number of hydrogen-bond donors (Lipinski definition) is 1. The summed E-state index contributed by atoms with van der Waals surface area (Å²) >= 11 is 0. The third-order valence-corrected chi connectivity index (χ3v) is 5.35. The van der Waals surface area contributed by atoms with Crippen LogP contribution in [-0.2, 0) is 4.79 Å². The Kier molecular flexibility index (Phi) is 5.66. The lowest BCUT2D eigenvalue weighted by molar-refractivity contribution is -0.112. The minimum atomic E-state index is -0.606. The van der Waals surface area contributed by atoms with Crippen LogP contribution in [-0.4, -0.2) is 25.6 Å². The van der Waals surface area contributed by atoms with Gasteiger partial charge in [0.25, 0.3) is 5.91 Å². The monoisotopic (exact) mass is 405 g/mol. The van der Waals surface area contributed by atoms with Gasteiger partial charge in [0.1, 0.15) is 23.2 Å². The highest BCUT2D eigenvalue weighted by Crippen LogP contribution is 2.39. The molecule has 0 bridgehead atoms. The van der Waals surface area contributed by atoms with Crippen LogP contribution in [0.15, 0.2) is 48.0 Å². The van der Waals surface area contributed by atoms with Crippen LogP contribution >= 0.6 is 0 Å². The van der Waals surface area contributed by atoms with Gasteiger partial charge in [-0.2, -0.15) is 5.26 Å². The van der Waals surface area contributed by atoms with Gasteiger partial charge in [0.05, 0.1) is 12.6 Å². The highest BCUT2D eigenvalue weighted by molar-refractivity contribution is 6.09. The Balaban J connectivity index is 1.93. The summed E-state index contributed by atoms with van der Waals surface area (Å²) in [4.78, 5) is 14.5. The predicted molar refractivity (Wildman–Crippen MR) is 118 cm³/mol. The highest BCUT2D eigenvalue weighted by Gasteiger charge is 2.29. The first-order chi connectivity index (χ1) is 14.2. The van der Waals surface area contributed by atoms with Gasteiger partial charge in [-0.25, -0.2) is 4.39 Å². The molecule has 0 unspecified atom stereocenters. The molecule has 6 heteroatoms. The van der Waals surface area contributed by atoms with Gasteiger partial charge < -0.3 is 15.0 Å². The summed E-state index contributed by atoms with van der Waals surface area (Å²) in [5.41, 5.74) is 2.94. The van der Waals surface area contributed by atoms with Crippen molar-refractivity contribution in [2.24, 2.45) is 0 Å². The van der Waals surface area contributed by atoms with E-state index in [2.05, 4.69) is 25.2 Å². The van der Waals surface area contributed by atoms with Gasteiger partial charge in [-0.1, -0.05) is 6.08 Å². The summed E-state index contributed by atoms with van der Waals surface area (Å²) in [5, 5.41) is 12.1. The third kappa shape index (κ3) is 4.06. The normalized spacial score (nSPS) is 15.0. The van der Waals surface area contributed by atoms with E-state index in [0.717, 1.165) is 16.8 Å². The van der Waals surface area contributed by atoms with Crippen LogP contribution in [0, 0.1) is 17.1 Å². The third-order valence-electron chi connectivity index (χ3n) is 5.35. The molecule has 1 heterocycles. The van der Waals surface area contributed by atoms with Gasteiger partial charge in [0, 0.05) is 29.5 Å². The van der Waals surface area contributed by atoms with E-state index in [0.29, 0.717) is 11.4 Å². The van der Waals surface area contributed by atoms with Crippen LogP contribution in [0.1, 0.15) is 31.9 Å². The van der Waals surface area contributed by atoms with Crippen molar-refractivity contribution in [1.29, 1.82) is 5.26 Å². The van der Waals surface area contributed by atoms with E-state index >= 15 is 0 Å². The maximum absolute atomic E-state index is 14.9. The van der Waals surface area contributed by atoms with Crippen molar-refractivity contribution >= 4 is 28.9 Å². The number of ether oxygens (including phenoxy) is 1. The Morgan fingerprint density at radius 2 is 1.93 bits per heavy atom. The number of hydrogen-bond acceptors (Lipinski definition) is 4. The first-order valence-electron chi connectivity index (χ1n) is 9.50. The van der Waals surface area contributed by atoms with Gasteiger partial charge in [0.15, 0.2) is 0 Å². The molecule has 2 aromatic rings. The van der Waals surface area contributed by atoms with Crippen molar-refractivity contribution in [2.75, 3.05) is 24.4 Å². The van der Waals surface area contributed by atoms with Gasteiger partial charge in [0.2, 0.25) is 0 Å². The predicted octanol–water partition coefficient (Wildman–Crippen LogP) is 5.01. The lowest BCUT2D eigenvalue weighted by atomic mass is 9.88. The second-order valence-electron chi connectivity index (χ2n) is 7.78. The average Bonchev–Trinajstić information content (AvgIpc) is 2.71. The van der Waals surface area contributed by atoms with Gasteiger partial charge >= 0.3 is 0 Å². The number of rotatable bonds is 4. The number of likely N-dealkylation sites (N-methyl/N-ethyl adjacent to an activating group) is 1. The Morgan fingerprint density at radius 3 is 2.53 bits per heavy atom. The molecular weight excluding hydrogens is 381 g/mol. The highest BCUT2D eigenvalue weighted by atomic mass is 19.1. The summed E-state index contributed by atoms with van der Waals surface area (Å²) in [5.74, 6) is -0.446. The molecule has 1 aliphatic heterocycles. The van der Waals surface area contributed by atoms with Crippen LogP contribution in [0.2, 0.25) is 0 Å². The molecule has 5 nitrogen and oxygen atoms in total. The molecule has 1 N–H and O–H groups in total. The number of nitrogens with one attached hydrogen (secondary N) is 1. The average molecular weight is 405 g/mol. The van der Waals surface area contributed by atoms with Crippen molar-refractivity contribution in [3.05, 3.63) is 65.0 Å². The van der Waals surface area contributed by atoms with Gasteiger partial charge in [-0.05, 0) is 68.8 Å². The second-order valence-corrected chi connectivity index (χ2v) is 7.78. The molecule has 0 spiro atoms. The fourth-order valence-electron chi connectivity index (χ4n) is 3.48. The van der Waals surface area contributed by atoms with Crippen LogP contribution < -0.4 is 15.0 Å². The summed E-state index contributed by atoms with van der Waals surface area (Å²) in [6.07, 6.45) is 3.39. The molecule has 0 radical (unpaired) electrons. The van der Waals surface area contributed by atoms with Crippen molar-refractivity contribution < 1.29 is 13.9 Å². The van der Waals surface area contributed by atoms with Crippen LogP contribution in [0.25, 0.3) is 11.6 Å². The molecule has 30 heavy (non-hydrogen) atoms. The van der Waals surface area contributed by atoms with E-state index < -0.39 is 11.7 Å². The van der Waals surface area contributed by atoms with E-state index in [1.54, 1.807) is 37.4 Å². The number of halogens is 1. The van der Waals surface area contributed by atoms with Crippen LogP contribution in [0.4, 0.5) is 15.8 Å². The SMILES string of the molecule is COc1ccc(NC(=O)/C(C#N)=C/c2cc3c(cc2F)N(C)C(C)(C)C=C3C)cc1. The fraction of sp³-hybridized carbons (Fsp3) is 0.250. The maximum Gasteiger partial charge on any atom is 0.266 e. The summed E-state index contributed by atoms with van der Waals surface area (Å²) in [6.45, 7) is 6.09. The molecule has 1 amide bonds. The van der Waals surface area contributed by atoms with E-state index in [1.165, 1.54) is 12.1 Å². The number of carbonyl (C=O) groups excluding carboxylic acids is 1. The van der Waals surface area contributed by atoms with Crippen LogP contribution in [0.5, 0.6) is 5.75 Å². The largest absolute Gasteiger partial charge is 0.497 e. The van der Waals surface area contributed by atoms with Gasteiger partial charge in [-0.3, -0.25) is 4.79 Å². The Labute approximate surface area is 176 Å². The maximum atomic E-state index is 14.9. The number of amides is 1. The molecule has 0 fully saturated rings. The molecule has 0 aliphatic carbocycles. The van der Waals surface area contributed by atoms with Crippen molar-refractivity contribution in [2.45, 2.75) is 26.3 Å². The number of methoxy groups -OCH3 is 1. The lowest BCUT2D eigenvalue weighted by Gasteiger charge is -2.40. The molecule has 0 atom stereocenters. The number of anilines is 2. The zero-order valence-electron chi connectivity index (χ0n) is 17.7. The number of nitriles is 1. The zero-order valence-corrected chi connectivity index (χ0v) is 17.7. The zero-order chi connectivity index (χ0) is 22.1. The molecule has 2 aromatic carbocycles. The van der Waals surface area contributed by atoms with Crippen molar-refractivity contribution in [3.8, 4) is 11.8 Å². The minimum Gasteiger partial charge on any atom is -0.497 e. The Hall–Kier alpha value is -3.59. The molecule has 3 rings (SSSR count). The topological polar surface area (TPSA) is 65.4 Å². The molecule has 0 saturated heterocycles. The summed E-state index contributed by atoms with van der Waals surface area (Å²) in [7, 11) is 3.46. The van der Waals surface area contributed by atoms with E-state index in [1.807, 2.05) is 24.9 Å². The molecule has 0 saturated carbocycles. The number of fused-ring (bicyclic) bond motifs is 1. The standard InChI is InChI=1S/C24H24FN3O2/c1-15-13-24(2,3)28(4)22-12-21(25)16(11-20(15)22)10-17(14-26)23(29)27-18-6-8-19(30-5)9-7-18/h6-13H,1-5H3,(H,27,29)/b17-10+. The molecule has 1 aliphatic rings. The first kappa shape index (κ1) is 21.1. The second kappa shape index (κ2) is 8.03. The fourth-order valence-corrected chi connectivity index (χ4v) is 3.48. The Bertz CT molecular complexity index is 1090. The van der Waals surface area contributed by atoms with Crippen LogP contribution in [0.3, 0.4) is 0 Å². The molecular formula is C24H24FN3O2. The molecule has 0 aromatic heterocycles. The smallest absolute Gasteiger partial charge is 0.266 e. The Morgan fingerprint density at radius 1 is 1.27 bits per heavy atom. The van der Waals surface area contributed by atoms with Crippen molar-refractivity contribution in [1.82, 2.24) is 0 Å². The first-order valence-corrected chi connectivity index (χ1v) is 9.50. The summed E-state index contributed by atoms with van der Waals surface area (Å²) in [6, 6.07) is 11.7. The minimum absolute atomic E-state index is 0.184.